The molecular weight excluding hydrogens is 484 g/mol. The van der Waals surface area contributed by atoms with E-state index in [9.17, 15) is 0 Å². The van der Waals surface area contributed by atoms with Gasteiger partial charge in [-0.15, -0.1) is 10.2 Å². The van der Waals surface area contributed by atoms with E-state index in [1.807, 2.05) is 54.6 Å². The van der Waals surface area contributed by atoms with Crippen molar-refractivity contribution in [3.05, 3.63) is 73.5 Å². The summed E-state index contributed by atoms with van der Waals surface area (Å²) < 4.78 is 13.0. The van der Waals surface area contributed by atoms with Gasteiger partial charge in [-0.1, -0.05) is 27.9 Å². The maximum Gasteiger partial charge on any atom is 0.256 e. The van der Waals surface area contributed by atoms with Crippen molar-refractivity contribution >= 4 is 38.6 Å². The lowest BCUT2D eigenvalue weighted by Crippen LogP contribution is -2.01. The number of hydrogen-bond acceptors (Lipinski definition) is 7. The minimum absolute atomic E-state index is 0.0304. The lowest BCUT2D eigenvalue weighted by molar-refractivity contribution is 0.572. The van der Waals surface area contributed by atoms with E-state index in [4.69, 9.17) is 18.8 Å². The molecule has 33 heavy (non-hydrogen) atoms. The van der Waals surface area contributed by atoms with Crippen molar-refractivity contribution in [2.45, 2.75) is 4.83 Å². The Morgan fingerprint density at radius 2 is 1.73 bits per heavy atom. The Balaban J connectivity index is 1.47. The first-order valence-corrected chi connectivity index (χ1v) is 10.9. The Labute approximate surface area is 195 Å². The summed E-state index contributed by atoms with van der Waals surface area (Å²) in [6, 6.07) is 13.0. The minimum Gasteiger partial charge on any atom is -0.463 e. The summed E-state index contributed by atoms with van der Waals surface area (Å²) in [6.45, 7) is 0. The van der Waals surface area contributed by atoms with E-state index in [1.165, 1.54) is 0 Å². The average Bonchev–Trinajstić information content (AvgIpc) is 3.62. The summed E-state index contributed by atoms with van der Waals surface area (Å²) in [4.78, 5) is 14.2. The number of alkyl halides is 1. The molecule has 9 heteroatoms. The molecule has 1 aliphatic rings. The fourth-order valence-electron chi connectivity index (χ4n) is 3.43. The van der Waals surface area contributed by atoms with Gasteiger partial charge in [0.25, 0.3) is 5.95 Å². The van der Waals surface area contributed by atoms with Gasteiger partial charge in [0.05, 0.1) is 34.1 Å². The zero-order valence-corrected chi connectivity index (χ0v) is 18.5. The van der Waals surface area contributed by atoms with Crippen molar-refractivity contribution < 1.29 is 8.83 Å². The second kappa shape index (κ2) is 8.00. The van der Waals surface area contributed by atoms with Gasteiger partial charge >= 0.3 is 0 Å². The maximum atomic E-state index is 5.61. The van der Waals surface area contributed by atoms with Crippen LogP contribution in [0.3, 0.4) is 0 Å². The number of aliphatic imine (C=N–C) groups is 1. The third kappa shape index (κ3) is 3.66. The highest BCUT2D eigenvalue weighted by atomic mass is 79.9. The molecule has 8 nitrogen and oxygen atoms in total. The molecule has 1 unspecified atom stereocenters. The SMILES string of the molecule is BrC1C#CC(=Nc2nncn2-c2ccc3nc(-c4ccco4)c(-c4ccco4)nc3c2)C=C1. The van der Waals surface area contributed by atoms with Crippen LogP contribution in [0, 0.1) is 11.8 Å². The molecule has 0 amide bonds. The van der Waals surface area contributed by atoms with E-state index < -0.39 is 0 Å². The summed E-state index contributed by atoms with van der Waals surface area (Å²) in [6.07, 6.45) is 8.59. The van der Waals surface area contributed by atoms with Crippen molar-refractivity contribution in [1.82, 2.24) is 24.7 Å². The normalized spacial score (nSPS) is 16.3. The summed E-state index contributed by atoms with van der Waals surface area (Å²) in [5, 5.41) is 8.17. The summed E-state index contributed by atoms with van der Waals surface area (Å²) in [5.41, 5.74) is 4.01. The van der Waals surface area contributed by atoms with Crippen LogP contribution in [-0.2, 0) is 0 Å². The molecule has 5 aromatic rings. The van der Waals surface area contributed by atoms with Crippen LogP contribution in [0.1, 0.15) is 0 Å². The Morgan fingerprint density at radius 3 is 2.39 bits per heavy atom. The van der Waals surface area contributed by atoms with E-state index in [1.54, 1.807) is 23.4 Å². The molecule has 1 aliphatic carbocycles. The van der Waals surface area contributed by atoms with Crippen molar-refractivity contribution in [1.29, 1.82) is 0 Å². The zero-order chi connectivity index (χ0) is 22.2. The molecule has 1 aromatic carbocycles. The second-order valence-corrected chi connectivity index (χ2v) is 8.06. The Kier molecular flexibility index (Phi) is 4.70. The fourth-order valence-corrected chi connectivity index (χ4v) is 3.70. The summed E-state index contributed by atoms with van der Waals surface area (Å²) in [7, 11) is 0. The van der Waals surface area contributed by atoms with E-state index in [2.05, 4.69) is 43.0 Å². The highest BCUT2D eigenvalue weighted by molar-refractivity contribution is 9.09. The second-order valence-electron chi connectivity index (χ2n) is 7.08. The van der Waals surface area contributed by atoms with Crippen LogP contribution >= 0.6 is 15.9 Å². The third-order valence-corrected chi connectivity index (χ3v) is 5.48. The Morgan fingerprint density at radius 1 is 0.970 bits per heavy atom. The number of rotatable bonds is 4. The van der Waals surface area contributed by atoms with Crippen molar-refractivity contribution in [3.63, 3.8) is 0 Å². The van der Waals surface area contributed by atoms with Crippen LogP contribution in [0.2, 0.25) is 0 Å². The first-order valence-electron chi connectivity index (χ1n) is 9.97. The smallest absolute Gasteiger partial charge is 0.256 e. The van der Waals surface area contributed by atoms with E-state index in [0.717, 1.165) is 5.69 Å². The molecule has 4 heterocycles. The number of hydrogen-bond donors (Lipinski definition) is 0. The van der Waals surface area contributed by atoms with Crippen molar-refractivity contribution in [3.8, 4) is 40.4 Å². The van der Waals surface area contributed by atoms with E-state index in [-0.39, 0.29) is 4.83 Å². The van der Waals surface area contributed by atoms with Crippen LogP contribution in [0.5, 0.6) is 0 Å². The molecule has 158 valence electrons. The number of halogens is 1. The first-order chi connectivity index (χ1) is 16.2. The molecule has 0 spiro atoms. The molecule has 0 aliphatic heterocycles. The van der Waals surface area contributed by atoms with Gasteiger partial charge in [0.15, 0.2) is 11.5 Å². The monoisotopic (exact) mass is 496 g/mol. The molecule has 0 saturated carbocycles. The Hall–Kier alpha value is -4.29. The average molecular weight is 497 g/mol. The molecular formula is C24H13BrN6O2. The first kappa shape index (κ1) is 19.4. The minimum atomic E-state index is 0.0304. The lowest BCUT2D eigenvalue weighted by atomic mass is 10.1. The fraction of sp³-hybridized carbons (Fsp3) is 0.0417. The molecule has 6 rings (SSSR count). The van der Waals surface area contributed by atoms with Gasteiger partial charge in [0, 0.05) is 0 Å². The molecule has 0 radical (unpaired) electrons. The van der Waals surface area contributed by atoms with Crippen molar-refractivity contribution in [2.75, 3.05) is 0 Å². The highest BCUT2D eigenvalue weighted by Gasteiger charge is 2.18. The maximum absolute atomic E-state index is 5.61. The predicted octanol–water partition coefficient (Wildman–Crippen LogP) is 5.14. The number of aromatic nitrogens is 5. The van der Waals surface area contributed by atoms with E-state index >= 15 is 0 Å². The molecule has 0 N–H and O–H groups in total. The molecule has 1 atom stereocenters. The Bertz CT molecular complexity index is 1590. The van der Waals surface area contributed by atoms with E-state index in [0.29, 0.717) is 45.6 Å². The largest absolute Gasteiger partial charge is 0.463 e. The molecule has 0 saturated heterocycles. The standard InChI is InChI=1S/C24H13BrN6O2/c25-15-5-7-16(8-6-15)27-24-30-26-14-31(24)17-9-10-18-19(13-17)29-23(21-4-2-12-33-21)22(28-18)20-3-1-11-32-20/h1-5,7,9-15H. The number of furan rings is 2. The predicted molar refractivity (Wildman–Crippen MR) is 127 cm³/mol. The quantitative estimate of drug-likeness (QED) is 0.252. The number of fused-ring (bicyclic) bond motifs is 1. The highest BCUT2D eigenvalue weighted by Crippen LogP contribution is 2.32. The number of benzene rings is 1. The van der Waals surface area contributed by atoms with Crippen molar-refractivity contribution in [2.24, 2.45) is 4.99 Å². The van der Waals surface area contributed by atoms with Gasteiger partial charge in [0.2, 0.25) is 0 Å². The van der Waals surface area contributed by atoms with Gasteiger partial charge < -0.3 is 8.83 Å². The van der Waals surface area contributed by atoms with Crippen LogP contribution in [0.15, 0.2) is 87.3 Å². The topological polar surface area (TPSA) is 95.1 Å². The van der Waals surface area contributed by atoms with Gasteiger partial charge in [-0.25, -0.2) is 15.0 Å². The third-order valence-electron chi connectivity index (χ3n) is 4.95. The number of nitrogens with zero attached hydrogens (tertiary/aromatic N) is 6. The summed E-state index contributed by atoms with van der Waals surface area (Å²) in [5.74, 6) is 7.66. The van der Waals surface area contributed by atoms with Crippen LogP contribution < -0.4 is 0 Å². The zero-order valence-electron chi connectivity index (χ0n) is 16.9. The lowest BCUT2D eigenvalue weighted by Gasteiger charge is -2.09. The molecule has 4 aromatic heterocycles. The van der Waals surface area contributed by atoms with Gasteiger partial charge in [-0.3, -0.25) is 4.57 Å². The van der Waals surface area contributed by atoms with Gasteiger partial charge in [-0.05, 0) is 54.5 Å². The molecule has 0 fully saturated rings. The van der Waals surface area contributed by atoms with Crippen LogP contribution in [0.25, 0.3) is 39.6 Å². The number of allylic oxidation sites excluding steroid dienone is 2. The molecule has 0 bridgehead atoms. The summed E-state index contributed by atoms with van der Waals surface area (Å²) >= 11 is 3.43. The van der Waals surface area contributed by atoms with Crippen LogP contribution in [0.4, 0.5) is 5.95 Å². The van der Waals surface area contributed by atoms with Crippen LogP contribution in [-0.4, -0.2) is 35.3 Å². The van der Waals surface area contributed by atoms with Gasteiger partial charge in [0.1, 0.15) is 23.4 Å². The van der Waals surface area contributed by atoms with Gasteiger partial charge in [-0.2, -0.15) is 0 Å².